The molecule has 6 nitrogen and oxygen atoms in total. The van der Waals surface area contributed by atoms with Gasteiger partial charge in [0.25, 0.3) is 0 Å². The zero-order chi connectivity index (χ0) is 19.0. The topological polar surface area (TPSA) is 71.3 Å². The highest BCUT2D eigenvalue weighted by atomic mass is 16.5. The van der Waals surface area contributed by atoms with Crippen molar-refractivity contribution in [2.45, 2.75) is 76.9 Å². The van der Waals surface area contributed by atoms with Crippen molar-refractivity contribution in [1.29, 1.82) is 0 Å². The lowest BCUT2D eigenvalue weighted by Crippen LogP contribution is -2.44. The first-order chi connectivity index (χ1) is 13.1. The Bertz CT molecular complexity index is 814. The molecule has 0 saturated heterocycles. The molecule has 1 saturated carbocycles. The van der Waals surface area contributed by atoms with Gasteiger partial charge in [0, 0.05) is 23.7 Å². The Labute approximate surface area is 160 Å². The second kappa shape index (κ2) is 7.33. The summed E-state index contributed by atoms with van der Waals surface area (Å²) < 4.78 is 5.42. The number of aromatic nitrogens is 2. The van der Waals surface area contributed by atoms with E-state index in [-0.39, 0.29) is 23.9 Å². The van der Waals surface area contributed by atoms with E-state index in [2.05, 4.69) is 53.3 Å². The van der Waals surface area contributed by atoms with Crippen LogP contribution in [0, 0.1) is 0 Å². The van der Waals surface area contributed by atoms with Gasteiger partial charge in [-0.2, -0.15) is 4.98 Å². The Morgan fingerprint density at radius 1 is 1.37 bits per heavy atom. The molecule has 27 heavy (non-hydrogen) atoms. The van der Waals surface area contributed by atoms with E-state index in [1.807, 2.05) is 12.1 Å². The minimum atomic E-state index is -0.117. The quantitative estimate of drug-likeness (QED) is 0.841. The minimum absolute atomic E-state index is 0.117. The number of rotatable bonds is 6. The number of benzene rings is 1. The van der Waals surface area contributed by atoms with E-state index < -0.39 is 0 Å². The molecular weight excluding hydrogens is 340 g/mol. The van der Waals surface area contributed by atoms with Gasteiger partial charge in [-0.3, -0.25) is 4.79 Å². The standard InChI is InChI=1S/C21H28N4O2/c1-4-13(2)22-20(26)17-11-14(3)25(18-8-6-5-7-16(17)18)12-19-23-21(27-24-19)15-9-10-15/h5-8,13-15,17H,4,9-12H2,1-3H3,(H,22,26)/t13-,14+,17+/m0/s1. The number of nitrogens with zero attached hydrogens (tertiary/aromatic N) is 3. The van der Waals surface area contributed by atoms with Crippen LogP contribution < -0.4 is 10.2 Å². The van der Waals surface area contributed by atoms with Crippen LogP contribution in [0.3, 0.4) is 0 Å². The van der Waals surface area contributed by atoms with Gasteiger partial charge in [0.15, 0.2) is 5.82 Å². The number of para-hydroxylation sites is 1. The lowest BCUT2D eigenvalue weighted by atomic mass is 9.85. The van der Waals surface area contributed by atoms with Gasteiger partial charge < -0.3 is 14.7 Å². The predicted molar refractivity (Wildman–Crippen MR) is 104 cm³/mol. The number of carbonyl (C=O) groups is 1. The van der Waals surface area contributed by atoms with Gasteiger partial charge >= 0.3 is 0 Å². The first kappa shape index (κ1) is 18.0. The summed E-state index contributed by atoms with van der Waals surface area (Å²) in [6.07, 6.45) is 4.02. The minimum Gasteiger partial charge on any atom is -0.361 e. The second-order valence-electron chi connectivity index (χ2n) is 7.97. The molecule has 1 amide bonds. The summed E-state index contributed by atoms with van der Waals surface area (Å²) in [6.45, 7) is 6.91. The zero-order valence-corrected chi connectivity index (χ0v) is 16.3. The third-order valence-electron chi connectivity index (χ3n) is 5.77. The lowest BCUT2D eigenvalue weighted by molar-refractivity contribution is -0.123. The summed E-state index contributed by atoms with van der Waals surface area (Å²) in [5, 5.41) is 7.33. The third kappa shape index (κ3) is 3.70. The largest absolute Gasteiger partial charge is 0.361 e. The predicted octanol–water partition coefficient (Wildman–Crippen LogP) is 3.74. The number of hydrogen-bond donors (Lipinski definition) is 1. The van der Waals surface area contributed by atoms with Crippen molar-refractivity contribution in [3.8, 4) is 0 Å². The molecule has 1 aromatic heterocycles. The summed E-state index contributed by atoms with van der Waals surface area (Å²) >= 11 is 0. The molecule has 3 atom stereocenters. The van der Waals surface area contributed by atoms with E-state index in [1.54, 1.807) is 0 Å². The van der Waals surface area contributed by atoms with Crippen LogP contribution in [0.2, 0.25) is 0 Å². The number of hydrogen-bond acceptors (Lipinski definition) is 5. The molecule has 0 unspecified atom stereocenters. The molecule has 1 N–H and O–H groups in total. The first-order valence-corrected chi connectivity index (χ1v) is 10.0. The summed E-state index contributed by atoms with van der Waals surface area (Å²) in [5.41, 5.74) is 2.18. The molecule has 6 heteroatoms. The maximum Gasteiger partial charge on any atom is 0.229 e. The van der Waals surface area contributed by atoms with Crippen LogP contribution in [0.5, 0.6) is 0 Å². The Hall–Kier alpha value is -2.37. The summed E-state index contributed by atoms with van der Waals surface area (Å²) in [6, 6.07) is 8.61. The maximum absolute atomic E-state index is 12.9. The van der Waals surface area contributed by atoms with E-state index in [0.717, 1.165) is 48.6 Å². The highest BCUT2D eigenvalue weighted by Crippen LogP contribution is 2.41. The molecule has 2 aromatic rings. The fourth-order valence-corrected chi connectivity index (χ4v) is 3.79. The van der Waals surface area contributed by atoms with Crippen LogP contribution in [0.15, 0.2) is 28.8 Å². The Morgan fingerprint density at radius 3 is 2.89 bits per heavy atom. The molecule has 1 aromatic carbocycles. The zero-order valence-electron chi connectivity index (χ0n) is 16.3. The van der Waals surface area contributed by atoms with Crippen LogP contribution in [0.25, 0.3) is 0 Å². The monoisotopic (exact) mass is 368 g/mol. The molecule has 0 radical (unpaired) electrons. The lowest BCUT2D eigenvalue weighted by Gasteiger charge is -2.40. The molecule has 0 bridgehead atoms. The Balaban J connectivity index is 1.57. The number of fused-ring (bicyclic) bond motifs is 1. The number of amides is 1. The van der Waals surface area contributed by atoms with Crippen molar-refractivity contribution in [3.63, 3.8) is 0 Å². The van der Waals surface area contributed by atoms with E-state index >= 15 is 0 Å². The van der Waals surface area contributed by atoms with E-state index in [1.165, 1.54) is 0 Å². The molecule has 1 aliphatic heterocycles. The van der Waals surface area contributed by atoms with Crippen molar-refractivity contribution in [2.75, 3.05) is 4.90 Å². The molecule has 2 heterocycles. The van der Waals surface area contributed by atoms with Crippen molar-refractivity contribution in [2.24, 2.45) is 0 Å². The number of nitrogens with one attached hydrogen (secondary N) is 1. The highest BCUT2D eigenvalue weighted by molar-refractivity contribution is 5.86. The van der Waals surface area contributed by atoms with Crippen LogP contribution in [-0.4, -0.2) is 28.1 Å². The SMILES string of the molecule is CC[C@H](C)NC(=O)[C@@H]1C[C@@H](C)N(Cc2noc(C3CC3)n2)c2ccccc21. The van der Waals surface area contributed by atoms with Crippen LogP contribution in [-0.2, 0) is 11.3 Å². The van der Waals surface area contributed by atoms with E-state index in [4.69, 9.17) is 4.52 Å². The Morgan fingerprint density at radius 2 is 2.15 bits per heavy atom. The summed E-state index contributed by atoms with van der Waals surface area (Å²) in [4.78, 5) is 19.7. The number of anilines is 1. The van der Waals surface area contributed by atoms with Crippen molar-refractivity contribution < 1.29 is 9.32 Å². The molecule has 0 spiro atoms. The van der Waals surface area contributed by atoms with Gasteiger partial charge in [-0.05, 0) is 51.2 Å². The van der Waals surface area contributed by atoms with Crippen molar-refractivity contribution in [1.82, 2.24) is 15.5 Å². The third-order valence-corrected chi connectivity index (χ3v) is 5.77. The number of carbonyl (C=O) groups excluding carboxylic acids is 1. The van der Waals surface area contributed by atoms with E-state index in [9.17, 15) is 4.79 Å². The average molecular weight is 368 g/mol. The average Bonchev–Trinajstić information content (AvgIpc) is 3.42. The van der Waals surface area contributed by atoms with Gasteiger partial charge in [0.2, 0.25) is 11.8 Å². The molecular formula is C21H28N4O2. The molecule has 1 aliphatic carbocycles. The van der Waals surface area contributed by atoms with Crippen LogP contribution >= 0.6 is 0 Å². The van der Waals surface area contributed by atoms with Gasteiger partial charge in [-0.25, -0.2) is 0 Å². The molecule has 4 rings (SSSR count). The second-order valence-corrected chi connectivity index (χ2v) is 7.97. The summed E-state index contributed by atoms with van der Waals surface area (Å²) in [7, 11) is 0. The molecule has 2 aliphatic rings. The van der Waals surface area contributed by atoms with Crippen LogP contribution in [0.4, 0.5) is 5.69 Å². The maximum atomic E-state index is 12.9. The molecule has 144 valence electrons. The van der Waals surface area contributed by atoms with Crippen LogP contribution in [0.1, 0.15) is 75.6 Å². The fourth-order valence-electron chi connectivity index (χ4n) is 3.79. The first-order valence-electron chi connectivity index (χ1n) is 10.0. The van der Waals surface area contributed by atoms with Gasteiger partial charge in [0.1, 0.15) is 0 Å². The molecule has 1 fully saturated rings. The van der Waals surface area contributed by atoms with Gasteiger partial charge in [-0.1, -0.05) is 30.3 Å². The Kier molecular flexibility index (Phi) is 4.89. The smallest absolute Gasteiger partial charge is 0.229 e. The highest BCUT2D eigenvalue weighted by Gasteiger charge is 2.35. The fraction of sp³-hybridized carbons (Fsp3) is 0.571. The van der Waals surface area contributed by atoms with E-state index in [0.29, 0.717) is 12.5 Å². The van der Waals surface area contributed by atoms with Crippen molar-refractivity contribution >= 4 is 11.6 Å². The van der Waals surface area contributed by atoms with Gasteiger partial charge in [0.05, 0.1) is 12.5 Å². The van der Waals surface area contributed by atoms with Crippen molar-refractivity contribution in [3.05, 3.63) is 41.5 Å². The van der Waals surface area contributed by atoms with Gasteiger partial charge in [-0.15, -0.1) is 0 Å². The normalized spacial score (nSPS) is 23.0. The summed E-state index contributed by atoms with van der Waals surface area (Å²) in [5.74, 6) is 1.97.